The lowest BCUT2D eigenvalue weighted by molar-refractivity contribution is 1.22. The first kappa shape index (κ1) is 11.7. The van der Waals surface area contributed by atoms with Gasteiger partial charge in [0.1, 0.15) is 5.82 Å². The molecule has 0 aliphatic heterocycles. The molecule has 1 aromatic carbocycles. The van der Waals surface area contributed by atoms with E-state index in [0.29, 0.717) is 5.69 Å². The molecule has 16 heavy (non-hydrogen) atoms. The molecule has 84 valence electrons. The number of H-pyrrole nitrogens is 1. The molecule has 0 radical (unpaired) electrons. The van der Waals surface area contributed by atoms with Crippen molar-refractivity contribution in [3.05, 3.63) is 32.5 Å². The number of anilines is 1. The lowest BCUT2D eigenvalue weighted by Crippen LogP contribution is -1.93. The van der Waals surface area contributed by atoms with E-state index < -0.39 is 0 Å². The summed E-state index contributed by atoms with van der Waals surface area (Å²) in [4.78, 5) is 7.67. The Morgan fingerprint density at radius 1 is 1.25 bits per heavy atom. The molecular weight excluding hydrogens is 334 g/mol. The van der Waals surface area contributed by atoms with Crippen LogP contribution in [0.15, 0.2) is 21.1 Å². The van der Waals surface area contributed by atoms with Crippen LogP contribution in [-0.2, 0) is 0 Å². The summed E-state index contributed by atoms with van der Waals surface area (Å²) in [5, 5.41) is 0. The van der Waals surface area contributed by atoms with Gasteiger partial charge in [-0.15, -0.1) is 0 Å². The molecular formula is C11H11Br2N3. The van der Waals surface area contributed by atoms with Gasteiger partial charge < -0.3 is 10.7 Å². The highest BCUT2D eigenvalue weighted by Gasteiger charge is 2.11. The fourth-order valence-corrected chi connectivity index (χ4v) is 2.68. The molecule has 3 nitrogen and oxygen atoms in total. The van der Waals surface area contributed by atoms with Crippen molar-refractivity contribution < 1.29 is 0 Å². The number of nitrogens with two attached hydrogens (primary N) is 1. The number of aromatic nitrogens is 2. The maximum absolute atomic E-state index is 6.02. The number of rotatable bonds is 1. The maximum atomic E-state index is 6.02. The number of halogens is 2. The molecule has 5 heteroatoms. The van der Waals surface area contributed by atoms with Crippen molar-refractivity contribution >= 4 is 37.5 Å². The zero-order chi connectivity index (χ0) is 11.9. The Balaban J connectivity index is 2.63. The first-order valence-corrected chi connectivity index (χ1v) is 6.35. The second kappa shape index (κ2) is 4.22. The second-order valence-corrected chi connectivity index (χ2v) is 5.41. The minimum absolute atomic E-state index is 0.692. The molecule has 0 fully saturated rings. The number of benzene rings is 1. The predicted molar refractivity (Wildman–Crippen MR) is 73.3 cm³/mol. The van der Waals surface area contributed by atoms with Crippen LogP contribution in [0.1, 0.15) is 11.4 Å². The number of aromatic amines is 1. The Kier molecular flexibility index (Phi) is 3.08. The highest BCUT2D eigenvalue weighted by Crippen LogP contribution is 2.34. The van der Waals surface area contributed by atoms with Crippen LogP contribution in [0.4, 0.5) is 5.69 Å². The monoisotopic (exact) mass is 343 g/mol. The third-order valence-corrected chi connectivity index (χ3v) is 3.59. The molecule has 0 unspecified atom stereocenters. The van der Waals surface area contributed by atoms with Crippen LogP contribution < -0.4 is 5.73 Å². The third-order valence-electron chi connectivity index (χ3n) is 2.48. The SMILES string of the molecule is Cc1nc(-c2cc(Br)cc(Br)c2N)[nH]c1C. The quantitative estimate of drug-likeness (QED) is 0.773. The van der Waals surface area contributed by atoms with Gasteiger partial charge in [-0.25, -0.2) is 4.98 Å². The molecule has 0 saturated carbocycles. The number of nitrogens with zero attached hydrogens (tertiary/aromatic N) is 1. The van der Waals surface area contributed by atoms with Crippen LogP contribution in [0, 0.1) is 13.8 Å². The average molecular weight is 345 g/mol. The summed E-state index contributed by atoms with van der Waals surface area (Å²) in [7, 11) is 0. The van der Waals surface area contributed by atoms with E-state index in [-0.39, 0.29) is 0 Å². The molecule has 0 amide bonds. The zero-order valence-corrected chi connectivity index (χ0v) is 12.1. The minimum Gasteiger partial charge on any atom is -0.397 e. The van der Waals surface area contributed by atoms with Gasteiger partial charge in [0.15, 0.2) is 0 Å². The van der Waals surface area contributed by atoms with Crippen molar-refractivity contribution in [1.82, 2.24) is 9.97 Å². The standard InChI is InChI=1S/C11H11Br2N3/c1-5-6(2)16-11(15-5)8-3-7(12)4-9(13)10(8)14/h3-4H,14H2,1-2H3,(H,15,16). The van der Waals surface area contributed by atoms with Gasteiger partial charge in [0.05, 0.1) is 11.4 Å². The summed E-state index contributed by atoms with van der Waals surface area (Å²) in [6.45, 7) is 3.97. The van der Waals surface area contributed by atoms with E-state index in [1.165, 1.54) is 0 Å². The van der Waals surface area contributed by atoms with Gasteiger partial charge in [-0.2, -0.15) is 0 Å². The van der Waals surface area contributed by atoms with Crippen molar-refractivity contribution in [2.24, 2.45) is 0 Å². The number of aryl methyl sites for hydroxylation is 2. The molecule has 0 aliphatic rings. The van der Waals surface area contributed by atoms with Gasteiger partial charge in [-0.1, -0.05) is 15.9 Å². The molecule has 2 aromatic rings. The maximum Gasteiger partial charge on any atom is 0.139 e. The average Bonchev–Trinajstić information content (AvgIpc) is 2.53. The summed E-state index contributed by atoms with van der Waals surface area (Å²) < 4.78 is 1.83. The fourth-order valence-electron chi connectivity index (χ4n) is 1.46. The van der Waals surface area contributed by atoms with Crippen LogP contribution >= 0.6 is 31.9 Å². The Labute approximate surface area is 111 Å². The summed E-state index contributed by atoms with van der Waals surface area (Å²) in [6, 6.07) is 3.87. The molecule has 0 spiro atoms. The van der Waals surface area contributed by atoms with Crippen molar-refractivity contribution in [1.29, 1.82) is 0 Å². The largest absolute Gasteiger partial charge is 0.397 e. The lowest BCUT2D eigenvalue weighted by atomic mass is 10.2. The number of hydrogen-bond donors (Lipinski definition) is 2. The third kappa shape index (κ3) is 2.01. The lowest BCUT2D eigenvalue weighted by Gasteiger charge is -2.05. The fraction of sp³-hybridized carbons (Fsp3) is 0.182. The highest BCUT2D eigenvalue weighted by atomic mass is 79.9. The van der Waals surface area contributed by atoms with Gasteiger partial charge >= 0.3 is 0 Å². The Hall–Kier alpha value is -0.810. The second-order valence-electron chi connectivity index (χ2n) is 3.64. The molecule has 0 saturated heterocycles. The number of nitrogens with one attached hydrogen (secondary N) is 1. The topological polar surface area (TPSA) is 54.7 Å². The Bertz CT molecular complexity index is 527. The normalized spacial score (nSPS) is 10.8. The molecule has 1 heterocycles. The first-order valence-electron chi connectivity index (χ1n) is 4.77. The molecule has 2 rings (SSSR count). The van der Waals surface area contributed by atoms with Gasteiger partial charge in [-0.05, 0) is 41.9 Å². The Morgan fingerprint density at radius 3 is 2.50 bits per heavy atom. The van der Waals surface area contributed by atoms with Crippen molar-refractivity contribution in [2.45, 2.75) is 13.8 Å². The van der Waals surface area contributed by atoms with Crippen LogP contribution in [0.3, 0.4) is 0 Å². The van der Waals surface area contributed by atoms with E-state index in [1.54, 1.807) is 0 Å². The van der Waals surface area contributed by atoms with Crippen LogP contribution in [-0.4, -0.2) is 9.97 Å². The number of nitrogen functional groups attached to an aromatic ring is 1. The number of imidazole rings is 1. The summed E-state index contributed by atoms with van der Waals surface area (Å²) >= 11 is 6.87. The predicted octanol–water partition coefficient (Wildman–Crippen LogP) is 3.80. The highest BCUT2D eigenvalue weighted by molar-refractivity contribution is 9.11. The van der Waals surface area contributed by atoms with Crippen LogP contribution in [0.2, 0.25) is 0 Å². The van der Waals surface area contributed by atoms with E-state index in [1.807, 2.05) is 26.0 Å². The molecule has 1 aromatic heterocycles. The van der Waals surface area contributed by atoms with Crippen LogP contribution in [0.25, 0.3) is 11.4 Å². The molecule has 3 N–H and O–H groups in total. The first-order chi connectivity index (χ1) is 7.49. The summed E-state index contributed by atoms with van der Waals surface area (Å²) in [5.41, 5.74) is 9.66. The molecule has 0 bridgehead atoms. The van der Waals surface area contributed by atoms with E-state index in [2.05, 4.69) is 41.8 Å². The summed E-state index contributed by atoms with van der Waals surface area (Å²) in [6.07, 6.45) is 0. The smallest absolute Gasteiger partial charge is 0.139 e. The van der Waals surface area contributed by atoms with E-state index in [0.717, 1.165) is 31.7 Å². The van der Waals surface area contributed by atoms with E-state index >= 15 is 0 Å². The van der Waals surface area contributed by atoms with Gasteiger partial charge in [0.2, 0.25) is 0 Å². The Morgan fingerprint density at radius 2 is 1.94 bits per heavy atom. The molecule has 0 aliphatic carbocycles. The van der Waals surface area contributed by atoms with E-state index in [4.69, 9.17) is 5.73 Å². The number of hydrogen-bond acceptors (Lipinski definition) is 2. The minimum atomic E-state index is 0.692. The van der Waals surface area contributed by atoms with Crippen molar-refractivity contribution in [2.75, 3.05) is 5.73 Å². The van der Waals surface area contributed by atoms with E-state index in [9.17, 15) is 0 Å². The van der Waals surface area contributed by atoms with Crippen LogP contribution in [0.5, 0.6) is 0 Å². The van der Waals surface area contributed by atoms with Gasteiger partial charge in [0, 0.05) is 20.2 Å². The molecule has 0 atom stereocenters. The van der Waals surface area contributed by atoms with Crippen molar-refractivity contribution in [3.8, 4) is 11.4 Å². The summed E-state index contributed by atoms with van der Waals surface area (Å²) in [5.74, 6) is 0.800. The van der Waals surface area contributed by atoms with Gasteiger partial charge in [-0.3, -0.25) is 0 Å². The zero-order valence-electron chi connectivity index (χ0n) is 8.94. The van der Waals surface area contributed by atoms with Gasteiger partial charge in [0.25, 0.3) is 0 Å². The van der Waals surface area contributed by atoms with Crippen molar-refractivity contribution in [3.63, 3.8) is 0 Å².